The molecule has 1 saturated heterocycles. The number of carbonyl (C=O) groups is 2. The van der Waals surface area contributed by atoms with Gasteiger partial charge in [0.1, 0.15) is 35.8 Å². The molecule has 0 bridgehead atoms. The average Bonchev–Trinajstić information content (AvgIpc) is 3.90. The van der Waals surface area contributed by atoms with E-state index >= 15 is 0 Å². The van der Waals surface area contributed by atoms with Gasteiger partial charge in [-0.1, -0.05) is 11.8 Å². The molecule has 0 spiro atoms. The van der Waals surface area contributed by atoms with Crippen LogP contribution in [0, 0.1) is 22.0 Å². The quantitative estimate of drug-likeness (QED) is 0.0203. The molecule has 9 N–H and O–H groups in total. The average molecular weight is 1050 g/mol. The number of hydrogen-bond donors (Lipinski definition) is 9. The highest BCUT2D eigenvalue weighted by Gasteiger charge is 2.43. The minimum atomic E-state index is -5.78. The third kappa shape index (κ3) is 11.4. The number of hydrogen-bond acceptors (Lipinski definition) is 19. The van der Waals surface area contributed by atoms with Crippen molar-refractivity contribution >= 4 is 69.0 Å². The van der Waals surface area contributed by atoms with Gasteiger partial charge in [-0.15, -0.1) is 0 Å². The Labute approximate surface area is 402 Å². The summed E-state index contributed by atoms with van der Waals surface area (Å²) in [6.45, 7) is 0.478. The first-order valence-electron chi connectivity index (χ1n) is 20.6. The second-order valence-corrected chi connectivity index (χ2v) is 20.0. The van der Waals surface area contributed by atoms with Crippen LogP contribution in [0.5, 0.6) is 5.75 Å². The summed E-state index contributed by atoms with van der Waals surface area (Å²) in [5.41, 5.74) is 0.961. The Morgan fingerprint density at radius 1 is 0.972 bits per heavy atom. The molecule has 72 heavy (non-hydrogen) atoms. The molecular weight excluding hydrogens is 1020 g/mol. The maximum atomic E-state index is 13.4. The van der Waals surface area contributed by atoms with Gasteiger partial charge in [0.25, 0.3) is 11.6 Å². The van der Waals surface area contributed by atoms with Crippen molar-refractivity contribution < 1.29 is 85.4 Å². The Kier molecular flexibility index (Phi) is 14.3. The molecule has 27 nitrogen and oxygen atoms in total. The van der Waals surface area contributed by atoms with Crippen molar-refractivity contribution in [2.45, 2.75) is 37.8 Å². The summed E-state index contributed by atoms with van der Waals surface area (Å²) in [6.07, 6.45) is -1.44. The molecule has 4 heterocycles. The number of nitrogens with zero attached hydrogens (tertiary/aromatic N) is 5. The topological polar surface area (TPSA) is 405 Å². The van der Waals surface area contributed by atoms with Gasteiger partial charge in [-0.25, -0.2) is 33.4 Å². The van der Waals surface area contributed by atoms with Gasteiger partial charge in [0.2, 0.25) is 0 Å². The Morgan fingerprint density at radius 3 is 2.49 bits per heavy atom. The lowest BCUT2D eigenvalue weighted by Gasteiger charge is -2.19. The second-order valence-electron chi connectivity index (χ2n) is 15.6. The van der Waals surface area contributed by atoms with Gasteiger partial charge in [-0.2, -0.15) is 8.62 Å². The summed E-state index contributed by atoms with van der Waals surface area (Å²) in [5.74, 6) is 3.72. The van der Waals surface area contributed by atoms with Gasteiger partial charge in [0, 0.05) is 52.3 Å². The lowest BCUT2D eigenvalue weighted by Crippen LogP contribution is -2.26. The van der Waals surface area contributed by atoms with E-state index in [1.165, 1.54) is 83.7 Å². The van der Waals surface area contributed by atoms with Crippen molar-refractivity contribution in [3.63, 3.8) is 0 Å². The van der Waals surface area contributed by atoms with Crippen LogP contribution in [0.3, 0.4) is 0 Å². The molecule has 1 aliphatic carbocycles. The van der Waals surface area contributed by atoms with Crippen LogP contribution in [0.2, 0.25) is 0 Å². The third-order valence-corrected chi connectivity index (χ3v) is 14.6. The van der Waals surface area contributed by atoms with Gasteiger partial charge in [-0.3, -0.25) is 28.8 Å². The lowest BCUT2D eigenvalue weighted by molar-refractivity contribution is -0.385. The number of aromatic nitrogens is 4. The van der Waals surface area contributed by atoms with Gasteiger partial charge in [-0.05, 0) is 67.1 Å². The monoisotopic (exact) mass is 1050 g/mol. The molecule has 5 aromatic rings. The molecule has 2 aromatic heterocycles. The van der Waals surface area contributed by atoms with Gasteiger partial charge < -0.3 is 54.7 Å². The minimum Gasteiger partial charge on any atom is -0.508 e. The number of nitro groups is 1. The first-order valence-corrected chi connectivity index (χ1v) is 25.2. The van der Waals surface area contributed by atoms with E-state index in [2.05, 4.69) is 50.6 Å². The number of phosphoric acid groups is 3. The number of aromatic carboxylic acids is 1. The number of fused-ring (bicyclic) bond motifs is 3. The number of aromatic hydroxyl groups is 1. The van der Waals surface area contributed by atoms with Crippen LogP contribution in [-0.4, -0.2) is 96.6 Å². The maximum absolute atomic E-state index is 13.4. The summed E-state index contributed by atoms with van der Waals surface area (Å²) in [4.78, 5) is 99.3. The molecule has 2 aliphatic heterocycles. The smallest absolute Gasteiger partial charge is 0.490 e. The molecule has 30 heteroatoms. The van der Waals surface area contributed by atoms with Crippen LogP contribution in [-0.2, 0) is 31.6 Å². The zero-order chi connectivity index (χ0) is 51.9. The molecule has 8 rings (SSSR count). The van der Waals surface area contributed by atoms with Crippen LogP contribution in [0.4, 0.5) is 11.5 Å². The van der Waals surface area contributed by atoms with Crippen molar-refractivity contribution in [2.75, 3.05) is 18.5 Å². The van der Waals surface area contributed by atoms with E-state index in [1.54, 1.807) is 6.92 Å². The van der Waals surface area contributed by atoms with Gasteiger partial charge in [0.15, 0.2) is 22.4 Å². The largest absolute Gasteiger partial charge is 0.508 e. The first-order chi connectivity index (χ1) is 34.0. The number of carboxylic acid groups (broad SMARTS) is 1. The highest BCUT2D eigenvalue weighted by Crippen LogP contribution is 2.66. The lowest BCUT2D eigenvalue weighted by atomic mass is 9.89. The summed E-state index contributed by atoms with van der Waals surface area (Å²) in [5, 5.41) is 49.3. The van der Waals surface area contributed by atoms with Crippen LogP contribution < -0.4 is 16.1 Å². The number of phosphoric ester groups is 1. The Hall–Kier alpha value is -7.27. The Bertz CT molecular complexity index is 3570. The standard InChI is InChI=1S/C42H36N7O20P3/c1-21(47-39-38-40(45-19-44-39)48(20-46-38)36-17-32(52)35(67-36)18-65-71(61,62)69-72(63,64)68-70(58,59)60)26-8-4-22(13-31(26)49(56)57)3-2-12-43-41(53)23-5-9-27(42(54)55)30(14-23)37-28-10-6-24(50)15-33(28)66-34-16-25(51)7-11-29(34)37/h4-11,13-16,19-21,32,35-36,50,52H,12,17-18H2,1H3,(H,43,53)(H,54,55)(H,61,62)(H,63,64)(H,44,45,47)(H2,58,59,60). The predicted octanol–water partition coefficient (Wildman–Crippen LogP) is 4.96. The molecule has 3 aromatic carbocycles. The van der Waals surface area contributed by atoms with Crippen molar-refractivity contribution in [1.29, 1.82) is 0 Å². The molecule has 3 aliphatic rings. The van der Waals surface area contributed by atoms with Crippen molar-refractivity contribution in [3.8, 4) is 40.0 Å². The number of benzene rings is 4. The number of phenols is 1. The molecule has 1 amide bonds. The van der Waals surface area contributed by atoms with E-state index in [0.717, 1.165) is 6.33 Å². The zero-order valence-corrected chi connectivity index (χ0v) is 39.2. The van der Waals surface area contributed by atoms with Crippen molar-refractivity contribution in [3.05, 3.63) is 128 Å². The predicted molar refractivity (Wildman–Crippen MR) is 247 cm³/mol. The van der Waals surface area contributed by atoms with E-state index < -0.39 is 71.4 Å². The number of imidazole rings is 1. The van der Waals surface area contributed by atoms with Crippen molar-refractivity contribution in [1.82, 2.24) is 24.8 Å². The number of anilines is 1. The molecule has 374 valence electrons. The molecule has 0 saturated carbocycles. The molecule has 0 radical (unpaired) electrons. The summed E-state index contributed by atoms with van der Waals surface area (Å²) in [6, 6.07) is 15.6. The van der Waals surface area contributed by atoms with E-state index in [-0.39, 0.29) is 86.0 Å². The normalized spacial score (nSPS) is 17.9. The number of aliphatic hydroxyl groups is 1. The van der Waals surface area contributed by atoms with Gasteiger partial charge >= 0.3 is 29.4 Å². The number of nitrogens with one attached hydrogen (secondary N) is 2. The van der Waals surface area contributed by atoms with E-state index in [9.17, 15) is 63.3 Å². The van der Waals surface area contributed by atoms with Crippen LogP contribution in [0.1, 0.15) is 57.5 Å². The summed E-state index contributed by atoms with van der Waals surface area (Å²) < 4.78 is 59.7. The van der Waals surface area contributed by atoms with Crippen LogP contribution in [0.15, 0.2) is 94.7 Å². The fraction of sp³-hybridized carbons (Fsp3) is 0.190. The molecule has 1 fully saturated rings. The van der Waals surface area contributed by atoms with E-state index in [0.29, 0.717) is 16.5 Å². The maximum Gasteiger partial charge on any atom is 0.490 e. The summed E-state index contributed by atoms with van der Waals surface area (Å²) >= 11 is 0. The number of amides is 1. The second kappa shape index (κ2) is 20.1. The fourth-order valence-corrected chi connectivity index (χ4v) is 10.7. The highest BCUT2D eigenvalue weighted by molar-refractivity contribution is 7.66. The molecule has 6 atom stereocenters. The number of carbonyl (C=O) groups excluding carboxylic acids is 1. The highest BCUT2D eigenvalue weighted by atomic mass is 31.3. The number of nitro benzene ring substituents is 1. The van der Waals surface area contributed by atoms with Crippen LogP contribution >= 0.6 is 23.5 Å². The first kappa shape index (κ1) is 51.1. The number of aliphatic hydroxyl groups excluding tert-OH is 1. The Balaban J connectivity index is 0.937. The third-order valence-electron chi connectivity index (χ3n) is 10.8. The SMILES string of the molecule is CC(Nc1ncnc2c1ncn2C1CC(O)C(COP(=O)(O)OP(=O)(O)OP(=O)(O)O)O1)c1ccc(C#CCNC(=O)c2ccc(C(=O)O)c(-c3c4ccc(=O)cc-4oc4cc(O)ccc34)c2)cc1[N+](=O)[O-]. The number of rotatable bonds is 16. The number of ether oxygens (including phenoxy) is 1. The van der Waals surface area contributed by atoms with Gasteiger partial charge in [0.05, 0.1) is 47.7 Å². The van der Waals surface area contributed by atoms with E-state index in [4.69, 9.17) is 18.9 Å². The van der Waals surface area contributed by atoms with Crippen molar-refractivity contribution in [2.24, 2.45) is 0 Å². The summed E-state index contributed by atoms with van der Waals surface area (Å²) in [7, 11) is -16.9. The number of phenolic OH excluding ortho intramolecular Hbond substituents is 1. The van der Waals surface area contributed by atoms with E-state index in [1.807, 2.05) is 0 Å². The Morgan fingerprint density at radius 2 is 1.75 bits per heavy atom. The van der Waals surface area contributed by atoms with Crippen LogP contribution in [0.25, 0.3) is 44.6 Å². The molecular formula is C42H36N7O20P3. The number of carboxylic acids is 1. The zero-order valence-electron chi connectivity index (χ0n) is 36.5. The minimum absolute atomic E-state index is 0.0558. The molecule has 6 unspecified atom stereocenters. The fourth-order valence-electron chi connectivity index (χ4n) is 7.70.